The maximum atomic E-state index is 13.7. The number of carbonyl (C=O) groups excluding carboxylic acids is 5. The van der Waals surface area contributed by atoms with E-state index in [1.807, 2.05) is 43.3 Å². The van der Waals surface area contributed by atoms with Gasteiger partial charge in [-0.15, -0.1) is 0 Å². The van der Waals surface area contributed by atoms with Crippen molar-refractivity contribution in [3.05, 3.63) is 47.7 Å². The predicted octanol–water partition coefficient (Wildman–Crippen LogP) is 4.52. The number of aromatic nitrogens is 1. The molecule has 1 aromatic carbocycles. The maximum Gasteiger partial charge on any atom is 0.408 e. The molecular formula is C37H54N6O7. The number of amides is 4. The van der Waals surface area contributed by atoms with Gasteiger partial charge in [-0.1, -0.05) is 44.2 Å². The molecule has 0 unspecified atom stereocenters. The van der Waals surface area contributed by atoms with E-state index in [1.165, 1.54) is 12.1 Å². The molecule has 50 heavy (non-hydrogen) atoms. The molecule has 13 nitrogen and oxygen atoms in total. The number of nitrogens with one attached hydrogen (secondary N) is 3. The second-order valence-electron chi connectivity index (χ2n) is 14.8. The van der Waals surface area contributed by atoms with Gasteiger partial charge in [-0.2, -0.15) is 0 Å². The molecule has 0 spiro atoms. The third kappa shape index (κ3) is 10.5. The van der Waals surface area contributed by atoms with Crippen molar-refractivity contribution in [1.29, 1.82) is 0 Å². The van der Waals surface area contributed by atoms with Crippen LogP contribution in [0.1, 0.15) is 92.5 Å². The Labute approximate surface area is 295 Å². The van der Waals surface area contributed by atoms with Gasteiger partial charge in [0, 0.05) is 19.0 Å². The van der Waals surface area contributed by atoms with E-state index in [0.717, 1.165) is 16.5 Å². The highest BCUT2D eigenvalue weighted by Crippen LogP contribution is 2.25. The van der Waals surface area contributed by atoms with Crippen molar-refractivity contribution in [3.63, 3.8) is 0 Å². The summed E-state index contributed by atoms with van der Waals surface area (Å²) in [6.07, 6.45) is 4.05. The molecule has 3 rings (SSSR count). The molecule has 1 fully saturated rings. The number of methoxy groups -OCH3 is 1. The van der Waals surface area contributed by atoms with Crippen molar-refractivity contribution in [2.75, 3.05) is 20.7 Å². The van der Waals surface area contributed by atoms with E-state index in [4.69, 9.17) is 14.5 Å². The van der Waals surface area contributed by atoms with Crippen molar-refractivity contribution in [2.45, 2.75) is 105 Å². The van der Waals surface area contributed by atoms with Crippen LogP contribution in [-0.2, 0) is 28.7 Å². The van der Waals surface area contributed by atoms with E-state index in [2.05, 4.69) is 16.1 Å². The standard InChI is InChI=1S/C37H54N6O7/c1-22(2)30(40-35(48)50-36(5,6)7)31(44)38-23(3)32(45)43-20-12-13-28(41-43)33(46)42(10)24(4)27-17-16-26-15-14-25(21-29(26)39-27)18-19-37(8,9)34(47)49-11/h14-19,21-24,28,30,41H,12-13,20H2,1-11H3,(H,38,44)(H,40,48)/t23-,24+,28-,30-/m0/s1. The summed E-state index contributed by atoms with van der Waals surface area (Å²) in [5.74, 6) is -1.71. The lowest BCUT2D eigenvalue weighted by molar-refractivity contribution is -0.148. The van der Waals surface area contributed by atoms with Gasteiger partial charge in [-0.3, -0.25) is 29.2 Å². The lowest BCUT2D eigenvalue weighted by Crippen LogP contribution is -2.62. The van der Waals surface area contributed by atoms with Crippen LogP contribution in [0.5, 0.6) is 0 Å². The zero-order chi connectivity index (χ0) is 37.6. The molecule has 1 aromatic heterocycles. The minimum atomic E-state index is -0.921. The number of hydrogen-bond acceptors (Lipinski definition) is 9. The monoisotopic (exact) mass is 694 g/mol. The average molecular weight is 695 g/mol. The first-order valence-corrected chi connectivity index (χ1v) is 17.1. The number of rotatable bonds is 11. The van der Waals surface area contributed by atoms with Crippen LogP contribution in [0.4, 0.5) is 4.79 Å². The van der Waals surface area contributed by atoms with Crippen molar-refractivity contribution >= 4 is 46.8 Å². The Balaban J connectivity index is 1.66. The van der Waals surface area contributed by atoms with E-state index in [1.54, 1.807) is 73.4 Å². The summed E-state index contributed by atoms with van der Waals surface area (Å²) in [6, 6.07) is 6.82. The van der Waals surface area contributed by atoms with Crippen LogP contribution in [0.25, 0.3) is 17.0 Å². The number of ether oxygens (including phenoxy) is 2. The summed E-state index contributed by atoms with van der Waals surface area (Å²) in [6.45, 7) is 16.2. The van der Waals surface area contributed by atoms with Gasteiger partial charge in [0.2, 0.25) is 11.8 Å². The molecule has 4 amide bonds. The van der Waals surface area contributed by atoms with Crippen molar-refractivity contribution < 1.29 is 33.4 Å². The Hall–Kier alpha value is -4.52. The SMILES string of the molecule is COC(=O)C(C)(C)C=Cc1ccc2ccc([C@@H](C)N(C)C(=O)[C@@H]3CCCN(C(=O)[C@H](C)NC(=O)[C@@H](NC(=O)OC(C)(C)C)C(C)C)N3)nc2c1. The molecule has 13 heteroatoms. The Kier molecular flexibility index (Phi) is 13.1. The third-order valence-electron chi connectivity index (χ3n) is 8.60. The Morgan fingerprint density at radius 1 is 1.02 bits per heavy atom. The van der Waals surface area contributed by atoms with Gasteiger partial charge in [0.15, 0.2) is 0 Å². The Bertz CT molecular complexity index is 1600. The smallest absolute Gasteiger partial charge is 0.408 e. The van der Waals surface area contributed by atoms with Gasteiger partial charge in [0.1, 0.15) is 23.7 Å². The predicted molar refractivity (Wildman–Crippen MR) is 191 cm³/mol. The summed E-state index contributed by atoms with van der Waals surface area (Å²) in [5.41, 5.74) is 3.87. The van der Waals surface area contributed by atoms with Gasteiger partial charge in [0.25, 0.3) is 5.91 Å². The highest BCUT2D eigenvalue weighted by molar-refractivity contribution is 5.91. The van der Waals surface area contributed by atoms with Crippen LogP contribution in [-0.4, -0.2) is 89.1 Å². The summed E-state index contributed by atoms with van der Waals surface area (Å²) in [7, 11) is 3.08. The largest absolute Gasteiger partial charge is 0.468 e. The molecule has 2 aromatic rings. The van der Waals surface area contributed by atoms with Crippen molar-refractivity contribution in [3.8, 4) is 0 Å². The zero-order valence-electron chi connectivity index (χ0n) is 31.2. The number of nitrogens with zero attached hydrogens (tertiary/aromatic N) is 3. The van der Waals surface area contributed by atoms with Crippen molar-refractivity contribution in [2.24, 2.45) is 11.3 Å². The molecular weight excluding hydrogens is 640 g/mol. The first kappa shape index (κ1) is 39.9. The van der Waals surface area contributed by atoms with Crippen LogP contribution in [0.2, 0.25) is 0 Å². The van der Waals surface area contributed by atoms with Crippen LogP contribution >= 0.6 is 0 Å². The van der Waals surface area contributed by atoms with Crippen LogP contribution in [0, 0.1) is 11.3 Å². The molecule has 1 saturated heterocycles. The first-order valence-electron chi connectivity index (χ1n) is 17.1. The number of carbonyl (C=O) groups is 5. The van der Waals surface area contributed by atoms with Gasteiger partial charge < -0.3 is 25.0 Å². The van der Waals surface area contributed by atoms with Crippen LogP contribution in [0.15, 0.2) is 36.4 Å². The number of benzene rings is 1. The summed E-state index contributed by atoms with van der Waals surface area (Å²) < 4.78 is 10.2. The topological polar surface area (TPSA) is 159 Å². The van der Waals surface area contributed by atoms with E-state index < -0.39 is 47.0 Å². The molecule has 1 aliphatic rings. The highest BCUT2D eigenvalue weighted by atomic mass is 16.6. The zero-order valence-corrected chi connectivity index (χ0v) is 31.2. The summed E-state index contributed by atoms with van der Waals surface area (Å²) >= 11 is 0. The fourth-order valence-electron chi connectivity index (χ4n) is 5.45. The lowest BCUT2D eigenvalue weighted by atomic mass is 9.92. The molecule has 0 bridgehead atoms. The second kappa shape index (κ2) is 16.5. The van der Waals surface area contributed by atoms with Gasteiger partial charge in [-0.25, -0.2) is 10.2 Å². The third-order valence-corrected chi connectivity index (χ3v) is 8.60. The minimum absolute atomic E-state index is 0.197. The van der Waals surface area contributed by atoms with Crippen LogP contribution in [0.3, 0.4) is 0 Å². The van der Waals surface area contributed by atoms with E-state index >= 15 is 0 Å². The average Bonchev–Trinajstić information content (AvgIpc) is 3.06. The number of hydrogen-bond donors (Lipinski definition) is 3. The quantitative estimate of drug-likeness (QED) is 0.288. The van der Waals surface area contributed by atoms with Gasteiger partial charge in [0.05, 0.1) is 29.8 Å². The fraction of sp³-hybridized carbons (Fsp3) is 0.568. The number of fused-ring (bicyclic) bond motifs is 1. The normalized spacial score (nSPS) is 17.2. The number of esters is 1. The molecule has 4 atom stereocenters. The highest BCUT2D eigenvalue weighted by Gasteiger charge is 2.35. The first-order chi connectivity index (χ1) is 23.2. The molecule has 0 radical (unpaired) electrons. The van der Waals surface area contributed by atoms with Crippen molar-refractivity contribution in [1.82, 2.24) is 31.0 Å². The second-order valence-corrected chi connectivity index (χ2v) is 14.8. The maximum absolute atomic E-state index is 13.7. The van der Waals surface area contributed by atoms with Crippen LogP contribution < -0.4 is 16.1 Å². The molecule has 1 aliphatic heterocycles. The Morgan fingerprint density at radius 2 is 1.68 bits per heavy atom. The fourth-order valence-corrected chi connectivity index (χ4v) is 5.45. The number of pyridine rings is 1. The molecule has 0 aliphatic carbocycles. The summed E-state index contributed by atoms with van der Waals surface area (Å²) in [5, 5.41) is 7.62. The van der Waals surface area contributed by atoms with E-state index in [-0.39, 0.29) is 23.8 Å². The number of alkyl carbamates (subject to hydrolysis) is 1. The molecule has 3 N–H and O–H groups in total. The number of hydrazine groups is 1. The molecule has 274 valence electrons. The van der Waals surface area contributed by atoms with E-state index in [9.17, 15) is 24.0 Å². The summed E-state index contributed by atoms with van der Waals surface area (Å²) in [4.78, 5) is 71.1. The minimum Gasteiger partial charge on any atom is -0.468 e. The van der Waals surface area contributed by atoms with Gasteiger partial charge in [-0.05, 0) is 84.9 Å². The number of likely N-dealkylation sites (N-methyl/N-ethyl adjacent to an activating group) is 1. The Morgan fingerprint density at radius 3 is 2.30 bits per heavy atom. The molecule has 2 heterocycles. The van der Waals surface area contributed by atoms with Gasteiger partial charge >= 0.3 is 12.1 Å². The van der Waals surface area contributed by atoms with E-state index in [0.29, 0.717) is 25.1 Å². The molecule has 0 saturated carbocycles. The lowest BCUT2D eigenvalue weighted by Gasteiger charge is -2.37.